The second kappa shape index (κ2) is 5.27. The Balaban J connectivity index is 2.19. The zero-order chi connectivity index (χ0) is 12.3. The van der Waals surface area contributed by atoms with Gasteiger partial charge in [0.15, 0.2) is 0 Å². The number of aromatic nitrogens is 2. The summed E-state index contributed by atoms with van der Waals surface area (Å²) < 4.78 is 13.6. The summed E-state index contributed by atoms with van der Waals surface area (Å²) in [5, 5.41) is 0.376. The third-order valence-electron chi connectivity index (χ3n) is 2.49. The van der Waals surface area contributed by atoms with E-state index in [2.05, 4.69) is 15.4 Å². The van der Waals surface area contributed by atoms with Crippen molar-refractivity contribution in [3.63, 3.8) is 0 Å². The molecule has 90 valence electrons. The number of H-pyrrole nitrogens is 1. The van der Waals surface area contributed by atoms with Gasteiger partial charge in [0.05, 0.1) is 6.04 Å². The molecule has 1 unspecified atom stereocenters. The number of nitrogens with one attached hydrogen (secondary N) is 2. The smallest absolute Gasteiger partial charge is 0.127 e. The fraction of sp³-hybridized carbons (Fsp3) is 0.182. The van der Waals surface area contributed by atoms with E-state index in [9.17, 15) is 4.39 Å². The van der Waals surface area contributed by atoms with Crippen molar-refractivity contribution in [1.29, 1.82) is 0 Å². The molecule has 0 aliphatic rings. The van der Waals surface area contributed by atoms with E-state index in [0.717, 1.165) is 0 Å². The normalized spacial score (nSPS) is 12.6. The molecule has 0 saturated carbocycles. The molecule has 0 aliphatic carbocycles. The lowest BCUT2D eigenvalue weighted by Gasteiger charge is -2.13. The van der Waals surface area contributed by atoms with Crippen molar-refractivity contribution < 1.29 is 4.39 Å². The van der Waals surface area contributed by atoms with Crippen LogP contribution in [-0.2, 0) is 6.42 Å². The molecular weight excluding hydrogens is 243 g/mol. The number of benzene rings is 1. The highest BCUT2D eigenvalue weighted by Gasteiger charge is 2.15. The van der Waals surface area contributed by atoms with Crippen LogP contribution in [0.1, 0.15) is 17.4 Å². The minimum absolute atomic E-state index is 0.263. The molecule has 0 spiro atoms. The van der Waals surface area contributed by atoms with Gasteiger partial charge in [0.25, 0.3) is 0 Å². The van der Waals surface area contributed by atoms with Gasteiger partial charge in [-0.05, 0) is 24.1 Å². The zero-order valence-corrected chi connectivity index (χ0v) is 9.71. The predicted octanol–water partition coefficient (Wildman–Crippen LogP) is 1.95. The Morgan fingerprint density at radius 3 is 2.94 bits per heavy atom. The first kappa shape index (κ1) is 12.0. The summed E-state index contributed by atoms with van der Waals surface area (Å²) in [6, 6.07) is 4.31. The highest BCUT2D eigenvalue weighted by molar-refractivity contribution is 6.30. The number of hydrazine groups is 1. The first-order valence-corrected chi connectivity index (χ1v) is 5.48. The van der Waals surface area contributed by atoms with Gasteiger partial charge in [0.2, 0.25) is 0 Å². The van der Waals surface area contributed by atoms with E-state index in [1.165, 1.54) is 6.07 Å². The predicted molar refractivity (Wildman–Crippen MR) is 63.8 cm³/mol. The maximum atomic E-state index is 13.6. The molecule has 6 heteroatoms. The van der Waals surface area contributed by atoms with Crippen molar-refractivity contribution in [3.05, 3.63) is 52.8 Å². The van der Waals surface area contributed by atoms with Gasteiger partial charge < -0.3 is 4.98 Å². The average Bonchev–Trinajstić information content (AvgIpc) is 2.81. The van der Waals surface area contributed by atoms with Gasteiger partial charge in [0.1, 0.15) is 11.6 Å². The molecule has 1 heterocycles. The van der Waals surface area contributed by atoms with Crippen LogP contribution in [0.25, 0.3) is 0 Å². The first-order valence-electron chi connectivity index (χ1n) is 5.10. The lowest BCUT2D eigenvalue weighted by molar-refractivity contribution is 0.510. The monoisotopic (exact) mass is 254 g/mol. The van der Waals surface area contributed by atoms with Crippen LogP contribution < -0.4 is 11.3 Å². The molecule has 0 saturated heterocycles. The van der Waals surface area contributed by atoms with Gasteiger partial charge in [-0.3, -0.25) is 5.84 Å². The molecule has 4 N–H and O–H groups in total. The Hall–Kier alpha value is -1.43. The van der Waals surface area contributed by atoms with Crippen LogP contribution in [0.15, 0.2) is 30.6 Å². The second-order valence-electron chi connectivity index (χ2n) is 3.63. The molecule has 0 amide bonds. The average molecular weight is 255 g/mol. The van der Waals surface area contributed by atoms with E-state index in [1.807, 2.05) is 0 Å². The fourth-order valence-electron chi connectivity index (χ4n) is 1.61. The molecule has 2 rings (SSSR count). The Labute approximate surface area is 103 Å². The summed E-state index contributed by atoms with van der Waals surface area (Å²) in [4.78, 5) is 7.02. The summed E-state index contributed by atoms with van der Waals surface area (Å²) in [5.41, 5.74) is 3.14. The van der Waals surface area contributed by atoms with Gasteiger partial charge >= 0.3 is 0 Å². The van der Waals surface area contributed by atoms with Crippen molar-refractivity contribution >= 4 is 11.6 Å². The highest BCUT2D eigenvalue weighted by atomic mass is 35.5. The van der Waals surface area contributed by atoms with Crippen molar-refractivity contribution in [3.8, 4) is 0 Å². The number of nitrogens with two attached hydrogens (primary N) is 1. The molecule has 1 aromatic carbocycles. The molecule has 0 bridgehead atoms. The third-order valence-corrected chi connectivity index (χ3v) is 2.72. The molecule has 0 aliphatic heterocycles. The van der Waals surface area contributed by atoms with E-state index in [0.29, 0.717) is 22.8 Å². The lowest BCUT2D eigenvalue weighted by atomic mass is 10.1. The van der Waals surface area contributed by atoms with Gasteiger partial charge in [-0.15, -0.1) is 0 Å². The highest BCUT2D eigenvalue weighted by Crippen LogP contribution is 2.19. The van der Waals surface area contributed by atoms with Crippen LogP contribution in [0, 0.1) is 5.82 Å². The van der Waals surface area contributed by atoms with Crippen molar-refractivity contribution in [1.82, 2.24) is 15.4 Å². The first-order chi connectivity index (χ1) is 8.20. The molecule has 0 radical (unpaired) electrons. The standard InChI is InChI=1S/C11H12ClFN4/c12-8-2-1-7(9(13)6-8)5-10(17-14)11-15-3-4-16-11/h1-4,6,10,17H,5,14H2,(H,15,16). The van der Waals surface area contributed by atoms with Crippen LogP contribution in [0.5, 0.6) is 0 Å². The SMILES string of the molecule is NNC(Cc1ccc(Cl)cc1F)c1ncc[nH]1. The van der Waals surface area contributed by atoms with Crippen LogP contribution in [0.3, 0.4) is 0 Å². The van der Waals surface area contributed by atoms with E-state index < -0.39 is 0 Å². The molecule has 17 heavy (non-hydrogen) atoms. The Morgan fingerprint density at radius 1 is 1.53 bits per heavy atom. The zero-order valence-electron chi connectivity index (χ0n) is 8.95. The van der Waals surface area contributed by atoms with Gasteiger partial charge in [-0.1, -0.05) is 17.7 Å². The van der Waals surface area contributed by atoms with Gasteiger partial charge in [-0.25, -0.2) is 14.8 Å². The maximum absolute atomic E-state index is 13.6. The van der Waals surface area contributed by atoms with Crippen molar-refractivity contribution in [2.45, 2.75) is 12.5 Å². The number of rotatable bonds is 4. The summed E-state index contributed by atoms with van der Waals surface area (Å²) in [6.07, 6.45) is 3.71. The van der Waals surface area contributed by atoms with E-state index >= 15 is 0 Å². The topological polar surface area (TPSA) is 66.7 Å². The quantitative estimate of drug-likeness (QED) is 0.577. The maximum Gasteiger partial charge on any atom is 0.127 e. The largest absolute Gasteiger partial charge is 0.347 e. The third kappa shape index (κ3) is 2.82. The number of imidazole rings is 1. The lowest BCUT2D eigenvalue weighted by Crippen LogP contribution is -2.30. The summed E-state index contributed by atoms with van der Waals surface area (Å²) in [5.74, 6) is 5.76. The summed E-state index contributed by atoms with van der Waals surface area (Å²) >= 11 is 5.69. The van der Waals surface area contributed by atoms with E-state index in [-0.39, 0.29) is 11.9 Å². The van der Waals surface area contributed by atoms with Crippen LogP contribution in [-0.4, -0.2) is 9.97 Å². The van der Waals surface area contributed by atoms with Crippen molar-refractivity contribution in [2.24, 2.45) is 5.84 Å². The molecule has 1 aromatic heterocycles. The molecule has 0 fully saturated rings. The second-order valence-corrected chi connectivity index (χ2v) is 4.07. The van der Waals surface area contributed by atoms with Crippen LogP contribution in [0.4, 0.5) is 4.39 Å². The minimum atomic E-state index is -0.343. The molecule has 2 aromatic rings. The summed E-state index contributed by atoms with van der Waals surface area (Å²) in [6.45, 7) is 0. The van der Waals surface area contributed by atoms with E-state index in [1.54, 1.807) is 24.5 Å². The Kier molecular flexibility index (Phi) is 3.73. The van der Waals surface area contributed by atoms with Gasteiger partial charge in [0, 0.05) is 17.4 Å². The number of hydrogen-bond acceptors (Lipinski definition) is 3. The number of nitrogens with zero attached hydrogens (tertiary/aromatic N) is 1. The van der Waals surface area contributed by atoms with Crippen molar-refractivity contribution in [2.75, 3.05) is 0 Å². The number of aromatic amines is 1. The Morgan fingerprint density at radius 2 is 2.35 bits per heavy atom. The fourth-order valence-corrected chi connectivity index (χ4v) is 1.77. The molecule has 1 atom stereocenters. The molecular formula is C11H12ClFN4. The summed E-state index contributed by atoms with van der Waals surface area (Å²) in [7, 11) is 0. The number of halogens is 2. The Bertz CT molecular complexity index is 486. The number of hydrogen-bond donors (Lipinski definition) is 3. The van der Waals surface area contributed by atoms with Crippen LogP contribution in [0.2, 0.25) is 5.02 Å². The van der Waals surface area contributed by atoms with Gasteiger partial charge in [-0.2, -0.15) is 0 Å². The molecule has 4 nitrogen and oxygen atoms in total. The van der Waals surface area contributed by atoms with Crippen LogP contribution >= 0.6 is 11.6 Å². The minimum Gasteiger partial charge on any atom is -0.347 e. The van der Waals surface area contributed by atoms with E-state index in [4.69, 9.17) is 17.4 Å².